The van der Waals surface area contributed by atoms with Crippen LogP contribution >= 0.6 is 0 Å². The van der Waals surface area contributed by atoms with Crippen LogP contribution in [-0.2, 0) is 24.3 Å². The number of ether oxygens (including phenoxy) is 2. The fourth-order valence-electron chi connectivity index (χ4n) is 5.35. The van der Waals surface area contributed by atoms with Crippen LogP contribution in [-0.4, -0.2) is 51.4 Å². The number of nitriles is 1. The zero-order chi connectivity index (χ0) is 28.5. The molecule has 4 aromatic rings. The van der Waals surface area contributed by atoms with Crippen molar-refractivity contribution in [2.75, 3.05) is 24.6 Å². The van der Waals surface area contributed by atoms with Gasteiger partial charge in [-0.1, -0.05) is 0 Å². The van der Waals surface area contributed by atoms with Crippen LogP contribution in [0, 0.1) is 28.9 Å². The van der Waals surface area contributed by atoms with E-state index in [9.17, 15) is 18.7 Å². The summed E-state index contributed by atoms with van der Waals surface area (Å²) in [4.78, 5) is 23.0. The molecule has 2 aromatic carbocycles. The Hall–Kier alpha value is -4.56. The Morgan fingerprint density at radius 3 is 2.71 bits per heavy atom. The predicted molar refractivity (Wildman–Crippen MR) is 145 cm³/mol. The van der Waals surface area contributed by atoms with E-state index in [1.54, 1.807) is 24.3 Å². The number of benzene rings is 2. The van der Waals surface area contributed by atoms with Gasteiger partial charge in [-0.05, 0) is 67.3 Å². The number of carboxylic acids is 1. The number of aromatic carboxylic acids is 1. The lowest BCUT2D eigenvalue weighted by atomic mass is 10.0. The second-order valence-corrected chi connectivity index (χ2v) is 10.4. The molecule has 0 saturated carbocycles. The van der Waals surface area contributed by atoms with Crippen LogP contribution in [0.2, 0.25) is 0 Å². The third-order valence-corrected chi connectivity index (χ3v) is 7.66. The smallest absolute Gasteiger partial charge is 0.335 e. The van der Waals surface area contributed by atoms with E-state index in [1.807, 2.05) is 6.07 Å². The van der Waals surface area contributed by atoms with Crippen molar-refractivity contribution in [1.82, 2.24) is 14.5 Å². The highest BCUT2D eigenvalue weighted by molar-refractivity contribution is 5.92. The molecule has 11 heteroatoms. The molecule has 2 aliphatic heterocycles. The lowest BCUT2D eigenvalue weighted by Crippen LogP contribution is -2.32. The van der Waals surface area contributed by atoms with Gasteiger partial charge < -0.3 is 24.0 Å². The second kappa shape index (κ2) is 11.1. The molecular weight excluding hydrogens is 532 g/mol. The van der Waals surface area contributed by atoms with Crippen molar-refractivity contribution in [1.29, 1.82) is 5.26 Å². The predicted octanol–water partition coefficient (Wildman–Crippen LogP) is 4.72. The standard InChI is InChI=1S/C30H27F2N5O4/c31-22-3-6-28(35-25(22)17-41-27-5-1-18(14-33)11-23(27)32)36-9-7-19(15-36)12-29-34-24-4-2-20(30(38)39)13-26(24)37(29)16-21-8-10-40-21/h1-6,11,13,19,21H,7-10,12,15-17H2,(H,38,39)/t19-,21-/m0/s1. The number of rotatable bonds is 9. The molecule has 2 atom stereocenters. The van der Waals surface area contributed by atoms with Crippen LogP contribution in [0.5, 0.6) is 5.75 Å². The van der Waals surface area contributed by atoms with Gasteiger partial charge >= 0.3 is 5.97 Å². The van der Waals surface area contributed by atoms with Gasteiger partial charge in [0.25, 0.3) is 0 Å². The minimum atomic E-state index is -0.980. The highest BCUT2D eigenvalue weighted by atomic mass is 19.1. The van der Waals surface area contributed by atoms with Crippen LogP contribution in [0.4, 0.5) is 14.6 Å². The summed E-state index contributed by atoms with van der Waals surface area (Å²) in [6.45, 7) is 2.50. The number of hydrogen-bond acceptors (Lipinski definition) is 7. The number of fused-ring (bicyclic) bond motifs is 1. The monoisotopic (exact) mass is 559 g/mol. The van der Waals surface area contributed by atoms with Gasteiger partial charge in [0.1, 0.15) is 29.8 Å². The second-order valence-electron chi connectivity index (χ2n) is 10.4. The third kappa shape index (κ3) is 5.56. The normalized spacial score (nSPS) is 18.3. The Kier molecular flexibility index (Phi) is 7.24. The van der Waals surface area contributed by atoms with E-state index >= 15 is 0 Å². The molecule has 2 saturated heterocycles. The molecule has 1 N–H and O–H groups in total. The van der Waals surface area contributed by atoms with E-state index < -0.39 is 17.6 Å². The largest absolute Gasteiger partial charge is 0.484 e. The van der Waals surface area contributed by atoms with Crippen molar-refractivity contribution >= 4 is 22.8 Å². The van der Waals surface area contributed by atoms with Crippen molar-refractivity contribution in [3.05, 3.63) is 82.8 Å². The van der Waals surface area contributed by atoms with E-state index in [1.165, 1.54) is 18.2 Å². The Balaban J connectivity index is 1.16. The van der Waals surface area contributed by atoms with Crippen LogP contribution in [0.25, 0.3) is 11.0 Å². The van der Waals surface area contributed by atoms with E-state index in [4.69, 9.17) is 19.7 Å². The van der Waals surface area contributed by atoms with E-state index in [0.29, 0.717) is 25.3 Å². The van der Waals surface area contributed by atoms with Crippen LogP contribution in [0.1, 0.15) is 40.3 Å². The number of carbonyl (C=O) groups is 1. The molecule has 4 heterocycles. The first-order chi connectivity index (χ1) is 19.9. The number of nitrogens with zero attached hydrogens (tertiary/aromatic N) is 5. The van der Waals surface area contributed by atoms with E-state index in [0.717, 1.165) is 48.9 Å². The summed E-state index contributed by atoms with van der Waals surface area (Å²) in [5, 5.41) is 18.4. The number of hydrogen-bond donors (Lipinski definition) is 1. The summed E-state index contributed by atoms with van der Waals surface area (Å²) < 4.78 is 42.0. The molecule has 210 valence electrons. The maximum atomic E-state index is 14.5. The molecule has 0 bridgehead atoms. The van der Waals surface area contributed by atoms with Crippen molar-refractivity contribution in [2.45, 2.75) is 38.5 Å². The molecule has 6 rings (SSSR count). The quantitative estimate of drug-likeness (QED) is 0.314. The number of carboxylic acid groups (broad SMARTS) is 1. The molecule has 2 fully saturated rings. The Bertz CT molecular complexity index is 1660. The summed E-state index contributed by atoms with van der Waals surface area (Å²) >= 11 is 0. The molecular formula is C30H27F2N5O4. The molecule has 0 unspecified atom stereocenters. The number of aromatic nitrogens is 3. The lowest BCUT2D eigenvalue weighted by Gasteiger charge is -2.28. The van der Waals surface area contributed by atoms with Gasteiger partial charge in [-0.15, -0.1) is 0 Å². The zero-order valence-corrected chi connectivity index (χ0v) is 22.1. The minimum absolute atomic E-state index is 0.0613. The number of halogens is 2. The molecule has 0 spiro atoms. The topological polar surface area (TPSA) is 114 Å². The van der Waals surface area contributed by atoms with Crippen molar-refractivity contribution in [3.8, 4) is 11.8 Å². The lowest BCUT2D eigenvalue weighted by molar-refractivity contribution is -0.0590. The van der Waals surface area contributed by atoms with Gasteiger partial charge in [0, 0.05) is 26.1 Å². The fraction of sp³-hybridized carbons (Fsp3) is 0.333. The maximum Gasteiger partial charge on any atom is 0.335 e. The van der Waals surface area contributed by atoms with Gasteiger partial charge in [-0.25, -0.2) is 23.5 Å². The molecule has 0 radical (unpaired) electrons. The average Bonchev–Trinajstić information content (AvgIpc) is 3.54. The summed E-state index contributed by atoms with van der Waals surface area (Å²) in [6.07, 6.45) is 2.61. The van der Waals surface area contributed by atoms with Crippen LogP contribution in [0.3, 0.4) is 0 Å². The molecule has 2 aliphatic rings. The Labute approximate surface area is 234 Å². The average molecular weight is 560 g/mol. The van der Waals surface area contributed by atoms with E-state index in [2.05, 4.69) is 14.5 Å². The van der Waals surface area contributed by atoms with Crippen molar-refractivity contribution in [3.63, 3.8) is 0 Å². The van der Waals surface area contributed by atoms with Crippen molar-refractivity contribution < 1.29 is 28.2 Å². The van der Waals surface area contributed by atoms with E-state index in [-0.39, 0.29) is 41.2 Å². The summed E-state index contributed by atoms with van der Waals surface area (Å²) in [6, 6.07) is 13.6. The number of imidazole rings is 1. The minimum Gasteiger partial charge on any atom is -0.484 e. The molecule has 0 amide bonds. The highest BCUT2D eigenvalue weighted by Crippen LogP contribution is 2.29. The first-order valence-electron chi connectivity index (χ1n) is 13.4. The fourth-order valence-corrected chi connectivity index (χ4v) is 5.35. The summed E-state index contributed by atoms with van der Waals surface area (Å²) in [5.74, 6) is -0.561. The molecule has 9 nitrogen and oxygen atoms in total. The summed E-state index contributed by atoms with van der Waals surface area (Å²) in [5.41, 5.74) is 1.99. The van der Waals surface area contributed by atoms with Gasteiger partial charge in [0.05, 0.1) is 40.9 Å². The zero-order valence-electron chi connectivity index (χ0n) is 22.1. The Morgan fingerprint density at radius 2 is 1.98 bits per heavy atom. The van der Waals surface area contributed by atoms with Gasteiger partial charge in [0.15, 0.2) is 11.6 Å². The van der Waals surface area contributed by atoms with Crippen LogP contribution < -0.4 is 9.64 Å². The number of pyridine rings is 1. The molecule has 41 heavy (non-hydrogen) atoms. The highest BCUT2D eigenvalue weighted by Gasteiger charge is 2.28. The molecule has 0 aliphatic carbocycles. The molecule has 2 aromatic heterocycles. The van der Waals surface area contributed by atoms with Gasteiger partial charge in [-0.3, -0.25) is 0 Å². The van der Waals surface area contributed by atoms with Crippen molar-refractivity contribution in [2.24, 2.45) is 5.92 Å². The SMILES string of the molecule is N#Cc1ccc(OCc2nc(N3CC[C@@H](Cc4nc5ccc(C(=O)O)cc5n4C[C@@H]4CCO4)C3)ccc2F)c(F)c1. The maximum absolute atomic E-state index is 14.5. The number of anilines is 1. The first kappa shape index (κ1) is 26.7. The third-order valence-electron chi connectivity index (χ3n) is 7.66. The first-order valence-corrected chi connectivity index (χ1v) is 13.4. The van der Waals surface area contributed by atoms with Crippen LogP contribution in [0.15, 0.2) is 48.5 Å². The Morgan fingerprint density at radius 1 is 1.12 bits per heavy atom. The summed E-state index contributed by atoms with van der Waals surface area (Å²) in [7, 11) is 0. The van der Waals surface area contributed by atoms with Gasteiger partial charge in [0.2, 0.25) is 0 Å². The van der Waals surface area contributed by atoms with Gasteiger partial charge in [-0.2, -0.15) is 5.26 Å².